The molecule has 1 amide bonds. The lowest BCUT2D eigenvalue weighted by Crippen LogP contribution is -2.25. The smallest absolute Gasteiger partial charge is 0.229 e. The molecule has 1 aliphatic heterocycles. The Labute approximate surface area is 102 Å². The summed E-state index contributed by atoms with van der Waals surface area (Å²) in [5.74, 6) is -0.0824. The quantitative estimate of drug-likeness (QED) is 0.804. The number of hydrogen-bond acceptors (Lipinski definition) is 4. The molecule has 4 nitrogen and oxygen atoms in total. The van der Waals surface area contributed by atoms with Crippen molar-refractivity contribution in [3.8, 4) is 0 Å². The van der Waals surface area contributed by atoms with Gasteiger partial charge in [-0.15, -0.1) is 0 Å². The minimum Gasteiger partial charge on any atom is -0.296 e. The number of amides is 1. The Morgan fingerprint density at radius 2 is 2.35 bits per heavy atom. The summed E-state index contributed by atoms with van der Waals surface area (Å²) in [5.41, 5.74) is 0. The predicted octanol–water partition coefficient (Wildman–Crippen LogP) is 1.61. The molecule has 90 valence electrons. The van der Waals surface area contributed by atoms with E-state index in [0.717, 1.165) is 18.0 Å². The highest BCUT2D eigenvalue weighted by Crippen LogP contribution is 2.27. The Balaban J connectivity index is 2.10. The molecule has 2 rings (SSSR count). The normalized spacial score (nSPS) is 19.8. The summed E-state index contributed by atoms with van der Waals surface area (Å²) in [7, 11) is 0. The topological polar surface area (TPSA) is 50.3 Å². The molecule has 1 aromatic heterocycles. The molecule has 1 saturated heterocycles. The van der Waals surface area contributed by atoms with Crippen LogP contribution < -0.4 is 4.90 Å². The third-order valence-electron chi connectivity index (χ3n) is 2.41. The van der Waals surface area contributed by atoms with E-state index in [1.807, 2.05) is 0 Å². The molecular weight excluding hydrogens is 243 g/mol. The van der Waals surface area contributed by atoms with E-state index < -0.39 is 5.82 Å². The molecule has 0 saturated carbocycles. The monoisotopic (exact) mass is 254 g/mol. The van der Waals surface area contributed by atoms with Gasteiger partial charge in [0.2, 0.25) is 5.91 Å². The van der Waals surface area contributed by atoms with Gasteiger partial charge in [0.05, 0.1) is 6.20 Å². The maximum absolute atomic E-state index is 12.7. The van der Waals surface area contributed by atoms with E-state index in [2.05, 4.69) is 4.98 Å². The van der Waals surface area contributed by atoms with Crippen LogP contribution in [0.3, 0.4) is 0 Å². The van der Waals surface area contributed by atoms with Crippen molar-refractivity contribution in [1.29, 1.82) is 0 Å². The Morgan fingerprint density at radius 3 is 2.94 bits per heavy atom. The fourth-order valence-electron chi connectivity index (χ4n) is 1.74. The van der Waals surface area contributed by atoms with Crippen molar-refractivity contribution in [3.63, 3.8) is 0 Å². The first kappa shape index (κ1) is 12.0. The zero-order valence-electron chi connectivity index (χ0n) is 9.22. The zero-order chi connectivity index (χ0) is 12.4. The van der Waals surface area contributed by atoms with Crippen molar-refractivity contribution in [2.75, 3.05) is 11.4 Å². The summed E-state index contributed by atoms with van der Waals surface area (Å²) < 4.78 is 12.7. The van der Waals surface area contributed by atoms with Gasteiger partial charge in [0.1, 0.15) is 11.6 Å². The summed E-state index contributed by atoms with van der Waals surface area (Å²) in [6.45, 7) is 1.93. The molecule has 0 radical (unpaired) electrons. The van der Waals surface area contributed by atoms with E-state index in [4.69, 9.17) is 0 Å². The second kappa shape index (κ2) is 4.83. The average molecular weight is 254 g/mol. The number of thioether (sulfide) groups is 1. The van der Waals surface area contributed by atoms with Crippen LogP contribution in [0.25, 0.3) is 0 Å². The number of pyridine rings is 1. The molecule has 6 heteroatoms. The van der Waals surface area contributed by atoms with Crippen molar-refractivity contribution >= 4 is 28.6 Å². The molecule has 1 aromatic rings. The number of anilines is 1. The van der Waals surface area contributed by atoms with Gasteiger partial charge in [-0.2, -0.15) is 0 Å². The molecule has 1 atom stereocenters. The van der Waals surface area contributed by atoms with Crippen LogP contribution in [-0.4, -0.2) is 27.8 Å². The first-order chi connectivity index (χ1) is 8.06. The number of hydrogen-bond donors (Lipinski definition) is 0. The highest BCUT2D eigenvalue weighted by Gasteiger charge is 2.32. The number of carbonyl (C=O) groups excluding carboxylic acids is 2. The van der Waals surface area contributed by atoms with Crippen LogP contribution in [0.2, 0.25) is 0 Å². The first-order valence-corrected chi connectivity index (χ1v) is 6.03. The van der Waals surface area contributed by atoms with E-state index in [-0.39, 0.29) is 16.3 Å². The van der Waals surface area contributed by atoms with Crippen LogP contribution in [0.5, 0.6) is 0 Å². The summed E-state index contributed by atoms with van der Waals surface area (Å²) in [6.07, 6.45) is 1.40. The molecule has 0 aromatic carbocycles. The standard InChI is InChI=1S/C11H11FN2O2S/c1-7(15)17-9-4-11(16)14(6-9)10-3-2-8(12)5-13-10/h2-3,5,9H,4,6H2,1H3. The molecule has 0 spiro atoms. The third kappa shape index (κ3) is 2.82. The van der Waals surface area contributed by atoms with Crippen LogP contribution in [0.15, 0.2) is 18.3 Å². The largest absolute Gasteiger partial charge is 0.296 e. The molecule has 1 aliphatic rings. The Hall–Kier alpha value is -1.43. The minimum absolute atomic E-state index is 0.00304. The second-order valence-electron chi connectivity index (χ2n) is 3.77. The van der Waals surface area contributed by atoms with Gasteiger partial charge >= 0.3 is 0 Å². The Morgan fingerprint density at radius 1 is 1.59 bits per heavy atom. The summed E-state index contributed by atoms with van der Waals surface area (Å²) in [4.78, 5) is 28.0. The number of aromatic nitrogens is 1. The number of rotatable bonds is 2. The molecule has 0 bridgehead atoms. The van der Waals surface area contributed by atoms with E-state index in [1.165, 1.54) is 24.0 Å². The lowest BCUT2D eigenvalue weighted by Gasteiger charge is -2.14. The molecule has 2 heterocycles. The van der Waals surface area contributed by atoms with Crippen LogP contribution in [-0.2, 0) is 9.59 Å². The summed E-state index contributed by atoms with van der Waals surface area (Å²) in [5, 5.41) is -0.0384. The average Bonchev–Trinajstić information content (AvgIpc) is 2.59. The molecule has 1 unspecified atom stereocenters. The van der Waals surface area contributed by atoms with E-state index in [9.17, 15) is 14.0 Å². The number of carbonyl (C=O) groups is 2. The molecule has 0 N–H and O–H groups in total. The first-order valence-electron chi connectivity index (χ1n) is 5.15. The zero-order valence-corrected chi connectivity index (χ0v) is 10.0. The van der Waals surface area contributed by atoms with Crippen molar-refractivity contribution in [3.05, 3.63) is 24.1 Å². The van der Waals surface area contributed by atoms with Gasteiger partial charge in [0.25, 0.3) is 0 Å². The van der Waals surface area contributed by atoms with Gasteiger partial charge in [-0.1, -0.05) is 11.8 Å². The van der Waals surface area contributed by atoms with Crippen LogP contribution in [0.1, 0.15) is 13.3 Å². The molecule has 1 fully saturated rings. The van der Waals surface area contributed by atoms with Crippen molar-refractivity contribution in [1.82, 2.24) is 4.98 Å². The summed E-state index contributed by atoms with van der Waals surface area (Å²) in [6, 6.07) is 2.73. The van der Waals surface area contributed by atoms with Gasteiger partial charge in [0, 0.05) is 25.1 Å². The lowest BCUT2D eigenvalue weighted by atomic mass is 10.4. The molecule has 17 heavy (non-hydrogen) atoms. The lowest BCUT2D eigenvalue weighted by molar-refractivity contribution is -0.117. The van der Waals surface area contributed by atoms with Gasteiger partial charge in [0.15, 0.2) is 5.12 Å². The second-order valence-corrected chi connectivity index (χ2v) is 5.25. The summed E-state index contributed by atoms with van der Waals surface area (Å²) >= 11 is 1.16. The highest BCUT2D eigenvalue weighted by atomic mass is 32.2. The van der Waals surface area contributed by atoms with Gasteiger partial charge in [-0.05, 0) is 12.1 Å². The van der Waals surface area contributed by atoms with E-state index in [0.29, 0.717) is 18.8 Å². The SMILES string of the molecule is CC(=O)SC1CC(=O)N(c2ccc(F)cn2)C1. The minimum atomic E-state index is -0.435. The predicted molar refractivity (Wildman–Crippen MR) is 63.2 cm³/mol. The molecular formula is C11H11FN2O2S. The third-order valence-corrected chi connectivity index (χ3v) is 3.39. The van der Waals surface area contributed by atoms with Gasteiger partial charge in [-0.25, -0.2) is 9.37 Å². The maximum Gasteiger partial charge on any atom is 0.229 e. The van der Waals surface area contributed by atoms with Crippen LogP contribution >= 0.6 is 11.8 Å². The van der Waals surface area contributed by atoms with Crippen molar-refractivity contribution in [2.24, 2.45) is 0 Å². The number of nitrogens with zero attached hydrogens (tertiary/aromatic N) is 2. The van der Waals surface area contributed by atoms with E-state index in [1.54, 1.807) is 0 Å². The van der Waals surface area contributed by atoms with Gasteiger partial charge < -0.3 is 0 Å². The Bertz CT molecular complexity index is 449. The van der Waals surface area contributed by atoms with Crippen LogP contribution in [0.4, 0.5) is 10.2 Å². The maximum atomic E-state index is 12.7. The van der Waals surface area contributed by atoms with Crippen LogP contribution in [0, 0.1) is 5.82 Å². The fourth-order valence-corrected chi connectivity index (χ4v) is 2.66. The Kier molecular flexibility index (Phi) is 3.42. The van der Waals surface area contributed by atoms with Crippen molar-refractivity contribution < 1.29 is 14.0 Å². The highest BCUT2D eigenvalue weighted by molar-refractivity contribution is 8.14. The van der Waals surface area contributed by atoms with Gasteiger partial charge in [-0.3, -0.25) is 14.5 Å². The molecule has 0 aliphatic carbocycles. The van der Waals surface area contributed by atoms with Crippen molar-refractivity contribution in [2.45, 2.75) is 18.6 Å². The van der Waals surface area contributed by atoms with E-state index >= 15 is 0 Å². The fraction of sp³-hybridized carbons (Fsp3) is 0.364. The number of halogens is 1.